The Bertz CT molecular complexity index is 496. The highest BCUT2D eigenvalue weighted by molar-refractivity contribution is 8.00. The maximum Gasteiger partial charge on any atom is 0.307 e. The van der Waals surface area contributed by atoms with Crippen molar-refractivity contribution in [2.75, 3.05) is 39.0 Å². The first kappa shape index (κ1) is 15.9. The molecule has 1 aliphatic rings. The average Bonchev–Trinajstić information content (AvgIpc) is 2.46. The first-order valence-corrected chi connectivity index (χ1v) is 7.93. The number of aliphatic carboxylic acids is 1. The predicted molar refractivity (Wildman–Crippen MR) is 82.6 cm³/mol. The van der Waals surface area contributed by atoms with Crippen molar-refractivity contribution in [2.24, 2.45) is 0 Å². The van der Waals surface area contributed by atoms with E-state index in [1.165, 1.54) is 11.8 Å². The summed E-state index contributed by atoms with van der Waals surface area (Å²) in [6, 6.07) is 7.36. The number of piperazine rings is 1. The van der Waals surface area contributed by atoms with Gasteiger partial charge in [0.1, 0.15) is 0 Å². The minimum Gasteiger partial charge on any atom is -0.481 e. The van der Waals surface area contributed by atoms with E-state index < -0.39 is 5.97 Å². The monoisotopic (exact) mass is 308 g/mol. The van der Waals surface area contributed by atoms with Gasteiger partial charge in [-0.25, -0.2) is 0 Å². The fourth-order valence-electron chi connectivity index (χ4n) is 2.17. The van der Waals surface area contributed by atoms with Gasteiger partial charge < -0.3 is 14.9 Å². The summed E-state index contributed by atoms with van der Waals surface area (Å²) in [7, 11) is 2.06. The van der Waals surface area contributed by atoms with Crippen LogP contribution < -0.4 is 0 Å². The van der Waals surface area contributed by atoms with Crippen LogP contribution >= 0.6 is 11.8 Å². The molecule has 0 bridgehead atoms. The molecule has 21 heavy (non-hydrogen) atoms. The molecule has 0 aromatic heterocycles. The van der Waals surface area contributed by atoms with Crippen LogP contribution in [0.4, 0.5) is 0 Å². The zero-order valence-electron chi connectivity index (χ0n) is 12.1. The molecule has 1 heterocycles. The highest BCUT2D eigenvalue weighted by Crippen LogP contribution is 2.19. The maximum atomic E-state index is 12.1. The molecule has 1 amide bonds. The molecule has 1 aromatic rings. The van der Waals surface area contributed by atoms with Crippen molar-refractivity contribution in [1.29, 1.82) is 0 Å². The van der Waals surface area contributed by atoms with E-state index in [1.54, 1.807) is 12.1 Å². The normalized spacial score (nSPS) is 16.0. The molecule has 0 atom stereocenters. The zero-order chi connectivity index (χ0) is 15.2. The van der Waals surface area contributed by atoms with E-state index in [4.69, 9.17) is 5.11 Å². The fraction of sp³-hybridized carbons (Fsp3) is 0.467. The van der Waals surface area contributed by atoms with E-state index in [1.807, 2.05) is 17.0 Å². The molecule has 5 nitrogen and oxygen atoms in total. The van der Waals surface area contributed by atoms with Crippen LogP contribution in [-0.2, 0) is 16.0 Å². The summed E-state index contributed by atoms with van der Waals surface area (Å²) in [5, 5.41) is 8.72. The Labute approximate surface area is 128 Å². The zero-order valence-corrected chi connectivity index (χ0v) is 12.9. The van der Waals surface area contributed by atoms with E-state index in [0.29, 0.717) is 5.75 Å². The van der Waals surface area contributed by atoms with Gasteiger partial charge in [0.2, 0.25) is 5.91 Å². The number of benzene rings is 1. The highest BCUT2D eigenvalue weighted by Gasteiger charge is 2.18. The number of carbonyl (C=O) groups is 2. The van der Waals surface area contributed by atoms with Crippen LogP contribution in [0.1, 0.15) is 5.56 Å². The van der Waals surface area contributed by atoms with Gasteiger partial charge in [-0.2, -0.15) is 0 Å². The first-order valence-electron chi connectivity index (χ1n) is 6.94. The molecule has 0 unspecified atom stereocenters. The summed E-state index contributed by atoms with van der Waals surface area (Å²) in [4.78, 5) is 27.8. The number of carbonyl (C=O) groups excluding carboxylic acids is 1. The Kier molecular flexibility index (Phi) is 5.64. The van der Waals surface area contributed by atoms with Crippen LogP contribution in [0.15, 0.2) is 29.2 Å². The van der Waals surface area contributed by atoms with Gasteiger partial charge in [0.15, 0.2) is 0 Å². The van der Waals surface area contributed by atoms with Crippen LogP contribution in [0.2, 0.25) is 0 Å². The third-order valence-corrected chi connectivity index (χ3v) is 4.49. The lowest BCUT2D eigenvalue weighted by Crippen LogP contribution is -2.47. The molecule has 6 heteroatoms. The van der Waals surface area contributed by atoms with Gasteiger partial charge in [-0.3, -0.25) is 9.59 Å². The van der Waals surface area contributed by atoms with E-state index in [0.717, 1.165) is 36.6 Å². The van der Waals surface area contributed by atoms with Crippen molar-refractivity contribution in [3.05, 3.63) is 29.8 Å². The number of hydrogen-bond donors (Lipinski definition) is 1. The molecule has 1 fully saturated rings. The van der Waals surface area contributed by atoms with Gasteiger partial charge in [0.25, 0.3) is 0 Å². The summed E-state index contributed by atoms with van der Waals surface area (Å²) in [5.41, 5.74) is 0.775. The Morgan fingerprint density at radius 1 is 1.14 bits per heavy atom. The number of likely N-dealkylation sites (N-methyl/N-ethyl adjacent to an activating group) is 1. The van der Waals surface area contributed by atoms with Crippen LogP contribution in [-0.4, -0.2) is 65.8 Å². The number of hydrogen-bond acceptors (Lipinski definition) is 4. The smallest absolute Gasteiger partial charge is 0.307 e. The molecule has 0 saturated carbocycles. The van der Waals surface area contributed by atoms with Gasteiger partial charge in [-0.1, -0.05) is 12.1 Å². The molecule has 0 aliphatic carbocycles. The predicted octanol–water partition coefficient (Wildman–Crippen LogP) is 1.18. The summed E-state index contributed by atoms with van der Waals surface area (Å²) in [6.45, 7) is 3.46. The molecule has 114 valence electrons. The van der Waals surface area contributed by atoms with E-state index in [9.17, 15) is 9.59 Å². The van der Waals surface area contributed by atoms with E-state index in [2.05, 4.69) is 11.9 Å². The Balaban J connectivity index is 1.79. The van der Waals surface area contributed by atoms with Gasteiger partial charge >= 0.3 is 5.97 Å². The third-order valence-electron chi connectivity index (χ3n) is 3.50. The topological polar surface area (TPSA) is 60.9 Å². The average molecular weight is 308 g/mol. The minimum absolute atomic E-state index is 0.0329. The first-order chi connectivity index (χ1) is 10.0. The van der Waals surface area contributed by atoms with Crippen molar-refractivity contribution >= 4 is 23.6 Å². The van der Waals surface area contributed by atoms with Crippen molar-refractivity contribution in [2.45, 2.75) is 11.3 Å². The number of thioether (sulfide) groups is 1. The summed E-state index contributed by atoms with van der Waals surface area (Å²) in [5.74, 6) is -0.231. The number of amides is 1. The van der Waals surface area contributed by atoms with Gasteiger partial charge in [-0.05, 0) is 24.7 Å². The van der Waals surface area contributed by atoms with Crippen LogP contribution in [0, 0.1) is 0 Å². The number of carboxylic acids is 1. The van der Waals surface area contributed by atoms with Gasteiger partial charge in [-0.15, -0.1) is 11.8 Å². The number of rotatable bonds is 5. The van der Waals surface area contributed by atoms with Crippen LogP contribution in [0.25, 0.3) is 0 Å². The van der Waals surface area contributed by atoms with Crippen molar-refractivity contribution in [1.82, 2.24) is 9.80 Å². The SMILES string of the molecule is CN1CCN(C(=O)CSc2ccc(CC(=O)O)cc2)CC1. The molecular weight excluding hydrogens is 288 g/mol. The highest BCUT2D eigenvalue weighted by atomic mass is 32.2. The lowest BCUT2D eigenvalue weighted by atomic mass is 10.2. The second-order valence-electron chi connectivity index (χ2n) is 5.19. The summed E-state index contributed by atoms with van der Waals surface area (Å²) >= 11 is 1.50. The Morgan fingerprint density at radius 3 is 2.33 bits per heavy atom. The van der Waals surface area contributed by atoms with Crippen LogP contribution in [0.5, 0.6) is 0 Å². The second-order valence-corrected chi connectivity index (χ2v) is 6.24. The quantitative estimate of drug-likeness (QED) is 0.828. The fourth-order valence-corrected chi connectivity index (χ4v) is 2.97. The van der Waals surface area contributed by atoms with Crippen molar-refractivity contribution in [3.8, 4) is 0 Å². The molecular formula is C15H20N2O3S. The molecule has 0 spiro atoms. The summed E-state index contributed by atoms with van der Waals surface area (Å²) < 4.78 is 0. The van der Waals surface area contributed by atoms with E-state index >= 15 is 0 Å². The molecule has 2 rings (SSSR count). The molecule has 1 N–H and O–H groups in total. The van der Waals surface area contributed by atoms with Gasteiger partial charge in [0, 0.05) is 31.1 Å². The van der Waals surface area contributed by atoms with Gasteiger partial charge in [0.05, 0.1) is 12.2 Å². The van der Waals surface area contributed by atoms with Crippen LogP contribution in [0.3, 0.4) is 0 Å². The molecule has 1 saturated heterocycles. The second kappa shape index (κ2) is 7.47. The lowest BCUT2D eigenvalue weighted by molar-refractivity contribution is -0.136. The van der Waals surface area contributed by atoms with Crippen molar-refractivity contribution in [3.63, 3.8) is 0 Å². The summed E-state index contributed by atoms with van der Waals surface area (Å²) in [6.07, 6.45) is 0.0329. The molecule has 1 aromatic carbocycles. The molecule has 0 radical (unpaired) electrons. The number of carboxylic acid groups (broad SMARTS) is 1. The standard InChI is InChI=1S/C15H20N2O3S/c1-16-6-8-17(9-7-16)14(18)11-21-13-4-2-12(3-5-13)10-15(19)20/h2-5H,6-11H2,1H3,(H,19,20). The Hall–Kier alpha value is -1.53. The molecule has 1 aliphatic heterocycles. The lowest BCUT2D eigenvalue weighted by Gasteiger charge is -2.32. The minimum atomic E-state index is -0.833. The van der Waals surface area contributed by atoms with E-state index in [-0.39, 0.29) is 12.3 Å². The van der Waals surface area contributed by atoms with Crippen molar-refractivity contribution < 1.29 is 14.7 Å². The Morgan fingerprint density at radius 2 is 1.76 bits per heavy atom. The third kappa shape index (κ3) is 5.06. The largest absolute Gasteiger partial charge is 0.481 e. The maximum absolute atomic E-state index is 12.1. The number of nitrogens with zero attached hydrogens (tertiary/aromatic N) is 2.